The zero-order valence-corrected chi connectivity index (χ0v) is 9.77. The summed E-state index contributed by atoms with van der Waals surface area (Å²) in [5.74, 6) is -0.129. The number of nitrogens with one attached hydrogen (secondary N) is 1. The molecule has 3 nitrogen and oxygen atoms in total. The van der Waals surface area contributed by atoms with Gasteiger partial charge in [0.05, 0.1) is 12.2 Å². The summed E-state index contributed by atoms with van der Waals surface area (Å²) in [4.78, 5) is 11.7. The normalized spacial score (nSPS) is 18.5. The minimum Gasteiger partial charge on any atom is -0.463 e. The molecule has 1 rings (SSSR count). The van der Waals surface area contributed by atoms with Gasteiger partial charge in [0.2, 0.25) is 0 Å². The highest BCUT2D eigenvalue weighted by Crippen LogP contribution is 2.20. The van der Waals surface area contributed by atoms with Crippen LogP contribution in [0.3, 0.4) is 0 Å². The molecule has 15 heavy (non-hydrogen) atoms. The van der Waals surface area contributed by atoms with Gasteiger partial charge in [0.15, 0.2) is 0 Å². The Morgan fingerprint density at radius 1 is 1.47 bits per heavy atom. The second-order valence-corrected chi connectivity index (χ2v) is 3.81. The SMILES string of the molecule is CCCC/C(C(=O)OCC)=C1\CCCN1. The van der Waals surface area contributed by atoms with Crippen LogP contribution in [-0.4, -0.2) is 19.1 Å². The van der Waals surface area contributed by atoms with E-state index in [9.17, 15) is 4.79 Å². The van der Waals surface area contributed by atoms with E-state index in [1.807, 2.05) is 6.92 Å². The molecule has 1 N–H and O–H groups in total. The van der Waals surface area contributed by atoms with Crippen molar-refractivity contribution in [1.29, 1.82) is 0 Å². The summed E-state index contributed by atoms with van der Waals surface area (Å²) >= 11 is 0. The van der Waals surface area contributed by atoms with Crippen LogP contribution in [0.1, 0.15) is 46.0 Å². The second kappa shape index (κ2) is 6.49. The molecule has 0 atom stereocenters. The molecule has 86 valence electrons. The molecule has 0 amide bonds. The van der Waals surface area contributed by atoms with Gasteiger partial charge in [-0.1, -0.05) is 13.3 Å². The van der Waals surface area contributed by atoms with Crippen molar-refractivity contribution in [3.8, 4) is 0 Å². The first-order valence-corrected chi connectivity index (χ1v) is 5.92. The van der Waals surface area contributed by atoms with Gasteiger partial charge in [-0.3, -0.25) is 0 Å². The van der Waals surface area contributed by atoms with Crippen LogP contribution < -0.4 is 5.32 Å². The van der Waals surface area contributed by atoms with Crippen LogP contribution >= 0.6 is 0 Å². The van der Waals surface area contributed by atoms with Gasteiger partial charge in [-0.2, -0.15) is 0 Å². The van der Waals surface area contributed by atoms with Gasteiger partial charge < -0.3 is 10.1 Å². The van der Waals surface area contributed by atoms with Gasteiger partial charge in [-0.05, 0) is 32.6 Å². The van der Waals surface area contributed by atoms with E-state index in [0.717, 1.165) is 49.9 Å². The van der Waals surface area contributed by atoms with Crippen LogP contribution in [0.2, 0.25) is 0 Å². The zero-order valence-electron chi connectivity index (χ0n) is 9.77. The lowest BCUT2D eigenvalue weighted by Crippen LogP contribution is -2.15. The second-order valence-electron chi connectivity index (χ2n) is 3.81. The first-order valence-electron chi connectivity index (χ1n) is 5.92. The van der Waals surface area contributed by atoms with Crippen molar-refractivity contribution >= 4 is 5.97 Å². The summed E-state index contributed by atoms with van der Waals surface area (Å²) in [6, 6.07) is 0. The number of allylic oxidation sites excluding steroid dienone is 1. The maximum atomic E-state index is 11.7. The maximum Gasteiger partial charge on any atom is 0.335 e. The van der Waals surface area contributed by atoms with Crippen LogP contribution in [0, 0.1) is 0 Å². The van der Waals surface area contributed by atoms with Crippen molar-refractivity contribution in [3.05, 3.63) is 11.3 Å². The highest BCUT2D eigenvalue weighted by Gasteiger charge is 2.18. The number of hydrogen-bond acceptors (Lipinski definition) is 3. The van der Waals surface area contributed by atoms with E-state index >= 15 is 0 Å². The predicted molar refractivity (Wildman–Crippen MR) is 60.4 cm³/mol. The third-order valence-electron chi connectivity index (χ3n) is 2.61. The Bertz CT molecular complexity index is 238. The fourth-order valence-corrected chi connectivity index (χ4v) is 1.80. The summed E-state index contributed by atoms with van der Waals surface area (Å²) in [6.07, 6.45) is 5.13. The summed E-state index contributed by atoms with van der Waals surface area (Å²) in [6.45, 7) is 5.43. The Labute approximate surface area is 91.9 Å². The van der Waals surface area contributed by atoms with Crippen molar-refractivity contribution in [2.75, 3.05) is 13.2 Å². The summed E-state index contributed by atoms with van der Waals surface area (Å²) in [5, 5.41) is 3.28. The highest BCUT2D eigenvalue weighted by atomic mass is 16.5. The van der Waals surface area contributed by atoms with Gasteiger partial charge in [-0.15, -0.1) is 0 Å². The molecular formula is C12H21NO2. The number of esters is 1. The average molecular weight is 211 g/mol. The zero-order chi connectivity index (χ0) is 11.1. The number of carbonyl (C=O) groups is 1. The van der Waals surface area contributed by atoms with E-state index in [4.69, 9.17) is 4.74 Å². The molecule has 0 unspecified atom stereocenters. The van der Waals surface area contributed by atoms with Crippen LogP contribution in [0.5, 0.6) is 0 Å². The molecule has 1 aliphatic rings. The molecule has 1 aliphatic heterocycles. The van der Waals surface area contributed by atoms with Gasteiger partial charge in [0.1, 0.15) is 0 Å². The summed E-state index contributed by atoms with van der Waals surface area (Å²) in [5.41, 5.74) is 1.98. The van der Waals surface area contributed by atoms with Gasteiger partial charge in [0.25, 0.3) is 0 Å². The molecule has 0 bridgehead atoms. The number of unbranched alkanes of at least 4 members (excludes halogenated alkanes) is 1. The third-order valence-corrected chi connectivity index (χ3v) is 2.61. The quantitative estimate of drug-likeness (QED) is 0.560. The maximum absolute atomic E-state index is 11.7. The van der Waals surface area contributed by atoms with E-state index in [-0.39, 0.29) is 5.97 Å². The molecule has 1 saturated heterocycles. The smallest absolute Gasteiger partial charge is 0.335 e. The Hall–Kier alpha value is -0.990. The molecular weight excluding hydrogens is 190 g/mol. The third kappa shape index (κ3) is 3.57. The predicted octanol–water partition coefficient (Wildman–Crippen LogP) is 2.38. The van der Waals surface area contributed by atoms with Crippen LogP contribution in [0.15, 0.2) is 11.3 Å². The van der Waals surface area contributed by atoms with Crippen molar-refractivity contribution in [1.82, 2.24) is 5.32 Å². The molecule has 1 fully saturated rings. The fraction of sp³-hybridized carbons (Fsp3) is 0.750. The van der Waals surface area contributed by atoms with Gasteiger partial charge in [-0.25, -0.2) is 4.79 Å². The molecule has 3 heteroatoms. The highest BCUT2D eigenvalue weighted by molar-refractivity contribution is 5.89. The largest absolute Gasteiger partial charge is 0.463 e. The van der Waals surface area contributed by atoms with Crippen molar-refractivity contribution in [2.24, 2.45) is 0 Å². The van der Waals surface area contributed by atoms with Crippen molar-refractivity contribution < 1.29 is 9.53 Å². The first-order chi connectivity index (χ1) is 7.29. The van der Waals surface area contributed by atoms with E-state index in [1.165, 1.54) is 0 Å². The molecule has 0 saturated carbocycles. The van der Waals surface area contributed by atoms with Crippen LogP contribution in [0.25, 0.3) is 0 Å². The number of rotatable bonds is 5. The lowest BCUT2D eigenvalue weighted by Gasteiger charge is -2.10. The Kier molecular flexibility index (Phi) is 5.22. The molecule has 0 aliphatic carbocycles. The average Bonchev–Trinajstić information content (AvgIpc) is 2.72. The Morgan fingerprint density at radius 3 is 2.80 bits per heavy atom. The Balaban J connectivity index is 2.67. The molecule has 0 aromatic rings. The lowest BCUT2D eigenvalue weighted by molar-refractivity contribution is -0.138. The van der Waals surface area contributed by atoms with E-state index < -0.39 is 0 Å². The van der Waals surface area contributed by atoms with Gasteiger partial charge in [0, 0.05) is 12.2 Å². The minimum absolute atomic E-state index is 0.129. The van der Waals surface area contributed by atoms with E-state index in [1.54, 1.807) is 0 Å². The number of carbonyl (C=O) groups excluding carboxylic acids is 1. The first kappa shape index (κ1) is 12.1. The molecule has 0 radical (unpaired) electrons. The van der Waals surface area contributed by atoms with Crippen LogP contribution in [0.4, 0.5) is 0 Å². The topological polar surface area (TPSA) is 38.3 Å². The van der Waals surface area contributed by atoms with E-state index in [0.29, 0.717) is 6.61 Å². The lowest BCUT2D eigenvalue weighted by atomic mass is 10.1. The summed E-state index contributed by atoms with van der Waals surface area (Å²) < 4.78 is 5.08. The molecule has 0 spiro atoms. The van der Waals surface area contributed by atoms with E-state index in [2.05, 4.69) is 12.2 Å². The summed E-state index contributed by atoms with van der Waals surface area (Å²) in [7, 11) is 0. The van der Waals surface area contributed by atoms with Crippen LogP contribution in [-0.2, 0) is 9.53 Å². The van der Waals surface area contributed by atoms with Crippen molar-refractivity contribution in [3.63, 3.8) is 0 Å². The minimum atomic E-state index is -0.129. The van der Waals surface area contributed by atoms with Gasteiger partial charge >= 0.3 is 5.97 Å². The standard InChI is InChI=1S/C12H21NO2/c1-3-5-7-10(12(14)15-4-2)11-8-6-9-13-11/h13H,3-9H2,1-2H3/b11-10-. The van der Waals surface area contributed by atoms with Crippen molar-refractivity contribution in [2.45, 2.75) is 46.0 Å². The Morgan fingerprint density at radius 2 is 2.27 bits per heavy atom. The monoisotopic (exact) mass is 211 g/mol. The molecule has 1 heterocycles. The molecule has 0 aromatic carbocycles. The fourth-order valence-electron chi connectivity index (χ4n) is 1.80. The number of ether oxygens (including phenoxy) is 1. The molecule has 0 aromatic heterocycles. The number of hydrogen-bond donors (Lipinski definition) is 1.